The Balaban J connectivity index is 2.15. The highest BCUT2D eigenvalue weighted by atomic mass is 35.5. The largest absolute Gasteiger partial charge is 0.512 e. The molecule has 0 fully saturated rings. The lowest BCUT2D eigenvalue weighted by Crippen LogP contribution is -2.06. The number of halogens is 4. The van der Waals surface area contributed by atoms with Crippen molar-refractivity contribution in [1.29, 1.82) is 0 Å². The van der Waals surface area contributed by atoms with E-state index in [1.165, 1.54) is 12.1 Å². The third-order valence-corrected chi connectivity index (χ3v) is 4.85. The van der Waals surface area contributed by atoms with E-state index in [0.29, 0.717) is 29.5 Å². The minimum absolute atomic E-state index is 0.0361. The highest BCUT2D eigenvalue weighted by molar-refractivity contribution is 6.31. The molecule has 0 aliphatic heterocycles. The molecule has 0 aromatic heterocycles. The molecule has 6 heteroatoms. The number of benzene rings is 2. The third kappa shape index (κ3) is 3.36. The van der Waals surface area contributed by atoms with Crippen LogP contribution in [0.1, 0.15) is 36.5 Å². The number of rotatable bonds is 3. The zero-order chi connectivity index (χ0) is 19.1. The van der Waals surface area contributed by atoms with Gasteiger partial charge in [0.1, 0.15) is 5.76 Å². The number of Topliss-reactive ketones (excluding diaryl/α,β-unsaturated/α-hetero) is 1. The summed E-state index contributed by atoms with van der Waals surface area (Å²) in [6, 6.07) is 8.87. The van der Waals surface area contributed by atoms with Crippen molar-refractivity contribution in [2.45, 2.75) is 32.4 Å². The van der Waals surface area contributed by atoms with E-state index in [-0.39, 0.29) is 28.6 Å². The third-order valence-electron chi connectivity index (χ3n) is 4.52. The Morgan fingerprint density at radius 1 is 1.08 bits per heavy atom. The van der Waals surface area contributed by atoms with E-state index >= 15 is 0 Å². The average molecular weight is 381 g/mol. The Bertz CT molecular complexity index is 914. The predicted molar refractivity (Wildman–Crippen MR) is 95.1 cm³/mol. The number of carbonyl (C=O) groups excluding carboxylic acids is 1. The van der Waals surface area contributed by atoms with Gasteiger partial charge in [-0.05, 0) is 46.9 Å². The minimum atomic E-state index is -4.55. The molecule has 0 saturated carbocycles. The van der Waals surface area contributed by atoms with E-state index in [1.807, 2.05) is 6.92 Å². The summed E-state index contributed by atoms with van der Waals surface area (Å²) in [4.78, 5) is 12.1. The van der Waals surface area contributed by atoms with Gasteiger partial charge in [0.25, 0.3) is 0 Å². The highest BCUT2D eigenvalue weighted by Crippen LogP contribution is 2.39. The minimum Gasteiger partial charge on any atom is -0.512 e. The average Bonchev–Trinajstić information content (AvgIpc) is 2.92. The fraction of sp³-hybridized carbons (Fsp3) is 0.250. The van der Waals surface area contributed by atoms with Gasteiger partial charge in [-0.1, -0.05) is 36.7 Å². The maximum atomic E-state index is 13.1. The van der Waals surface area contributed by atoms with Gasteiger partial charge in [-0.25, -0.2) is 0 Å². The number of aliphatic hydroxyl groups is 1. The van der Waals surface area contributed by atoms with Crippen LogP contribution in [0.15, 0.2) is 42.2 Å². The van der Waals surface area contributed by atoms with Crippen LogP contribution >= 0.6 is 11.6 Å². The van der Waals surface area contributed by atoms with Gasteiger partial charge in [-0.2, -0.15) is 13.2 Å². The monoisotopic (exact) mass is 380 g/mol. The second-order valence-corrected chi connectivity index (χ2v) is 6.57. The smallest absolute Gasteiger partial charge is 0.417 e. The van der Waals surface area contributed by atoms with Crippen molar-refractivity contribution in [2.24, 2.45) is 0 Å². The fourth-order valence-corrected chi connectivity index (χ4v) is 3.39. The zero-order valence-electron chi connectivity index (χ0n) is 14.0. The summed E-state index contributed by atoms with van der Waals surface area (Å²) >= 11 is 5.68. The Hall–Kier alpha value is -2.27. The van der Waals surface area contributed by atoms with Crippen molar-refractivity contribution < 1.29 is 23.1 Å². The van der Waals surface area contributed by atoms with Gasteiger partial charge in [0.2, 0.25) is 0 Å². The molecule has 2 aromatic carbocycles. The van der Waals surface area contributed by atoms with Gasteiger partial charge in [-0.3, -0.25) is 4.79 Å². The first-order valence-electron chi connectivity index (χ1n) is 8.18. The molecule has 0 amide bonds. The molecular formula is C20H16ClF3O2. The normalized spacial score (nSPS) is 15.0. The molecule has 0 bridgehead atoms. The second kappa shape index (κ2) is 6.80. The summed E-state index contributed by atoms with van der Waals surface area (Å²) in [5.74, 6) is -0.115. The van der Waals surface area contributed by atoms with E-state index in [9.17, 15) is 23.1 Å². The number of allylic oxidation sites excluding steroid dienone is 2. The van der Waals surface area contributed by atoms with Crippen LogP contribution in [0, 0.1) is 0 Å². The molecule has 1 aliphatic rings. The molecule has 0 atom stereocenters. The van der Waals surface area contributed by atoms with Crippen LogP contribution in [0.5, 0.6) is 0 Å². The SMILES string of the molecule is CCc1ccc(-c2ccc(Cl)c(C(F)(F)F)c2)cc1C1=C(O)CCC1=O. The summed E-state index contributed by atoms with van der Waals surface area (Å²) in [7, 11) is 0. The summed E-state index contributed by atoms with van der Waals surface area (Å²) in [5, 5.41) is 9.71. The molecule has 0 heterocycles. The van der Waals surface area contributed by atoms with Crippen LogP contribution in [-0.4, -0.2) is 10.9 Å². The van der Waals surface area contributed by atoms with Crippen LogP contribution in [0.25, 0.3) is 16.7 Å². The highest BCUT2D eigenvalue weighted by Gasteiger charge is 2.33. The van der Waals surface area contributed by atoms with E-state index < -0.39 is 11.7 Å². The van der Waals surface area contributed by atoms with E-state index in [0.717, 1.165) is 11.6 Å². The van der Waals surface area contributed by atoms with Gasteiger partial charge in [0.15, 0.2) is 5.78 Å². The molecule has 2 nitrogen and oxygen atoms in total. The van der Waals surface area contributed by atoms with E-state index in [2.05, 4.69) is 0 Å². The predicted octanol–water partition coefficient (Wildman–Crippen LogP) is 6.22. The number of alkyl halides is 3. The zero-order valence-corrected chi connectivity index (χ0v) is 14.7. The molecule has 3 rings (SSSR count). The summed E-state index contributed by atoms with van der Waals surface area (Å²) in [6.45, 7) is 1.92. The lowest BCUT2D eigenvalue weighted by Gasteiger charge is -2.14. The number of aryl methyl sites for hydroxylation is 1. The fourth-order valence-electron chi connectivity index (χ4n) is 3.17. The van der Waals surface area contributed by atoms with Crippen LogP contribution in [-0.2, 0) is 17.4 Å². The number of carbonyl (C=O) groups is 1. The van der Waals surface area contributed by atoms with E-state index in [4.69, 9.17) is 11.6 Å². The van der Waals surface area contributed by atoms with Crippen LogP contribution in [0.4, 0.5) is 13.2 Å². The molecule has 0 spiro atoms. The maximum absolute atomic E-state index is 13.1. The number of hydrogen-bond acceptors (Lipinski definition) is 2. The Kier molecular flexibility index (Phi) is 4.84. The number of hydrogen-bond donors (Lipinski definition) is 1. The second-order valence-electron chi connectivity index (χ2n) is 6.16. The maximum Gasteiger partial charge on any atom is 0.417 e. The standard InChI is InChI=1S/C20H16ClF3O2/c1-2-11-3-4-12(9-14(11)19-17(25)7-8-18(19)26)13-5-6-16(21)15(10-13)20(22,23)24/h3-6,9-10,25H,2,7-8H2,1H3. The van der Waals surface area contributed by atoms with Crippen molar-refractivity contribution in [1.82, 2.24) is 0 Å². The first kappa shape index (κ1) is 18.5. The van der Waals surface area contributed by atoms with E-state index in [1.54, 1.807) is 18.2 Å². The summed E-state index contributed by atoms with van der Waals surface area (Å²) < 4.78 is 39.4. The molecule has 0 radical (unpaired) electrons. The Morgan fingerprint density at radius 3 is 2.31 bits per heavy atom. The lowest BCUT2D eigenvalue weighted by atomic mass is 9.92. The van der Waals surface area contributed by atoms with Gasteiger partial charge in [-0.15, -0.1) is 0 Å². The molecule has 1 aliphatic carbocycles. The number of aliphatic hydroxyl groups excluding tert-OH is 1. The molecule has 26 heavy (non-hydrogen) atoms. The van der Waals surface area contributed by atoms with Gasteiger partial charge >= 0.3 is 6.18 Å². The van der Waals surface area contributed by atoms with Crippen molar-refractivity contribution in [3.05, 3.63) is 63.9 Å². The van der Waals surface area contributed by atoms with Crippen LogP contribution in [0.2, 0.25) is 5.02 Å². The summed E-state index contributed by atoms with van der Waals surface area (Å²) in [6.07, 6.45) is -3.38. The van der Waals surface area contributed by atoms with Crippen molar-refractivity contribution >= 4 is 23.0 Å². The molecule has 0 unspecified atom stereocenters. The first-order chi connectivity index (χ1) is 12.2. The van der Waals surface area contributed by atoms with Crippen LogP contribution in [0.3, 0.4) is 0 Å². The molecule has 1 N–H and O–H groups in total. The van der Waals surface area contributed by atoms with Crippen LogP contribution < -0.4 is 0 Å². The van der Waals surface area contributed by atoms with Gasteiger partial charge < -0.3 is 5.11 Å². The van der Waals surface area contributed by atoms with Crippen molar-refractivity contribution in [3.63, 3.8) is 0 Å². The quantitative estimate of drug-likeness (QED) is 0.686. The molecule has 2 aromatic rings. The first-order valence-corrected chi connectivity index (χ1v) is 8.56. The Labute approximate surface area is 153 Å². The summed E-state index contributed by atoms with van der Waals surface area (Å²) in [5.41, 5.74) is 1.67. The molecule has 136 valence electrons. The Morgan fingerprint density at radius 2 is 1.73 bits per heavy atom. The molecule has 0 saturated heterocycles. The van der Waals surface area contributed by atoms with Gasteiger partial charge in [0.05, 0.1) is 16.2 Å². The van der Waals surface area contributed by atoms with Crippen molar-refractivity contribution in [2.75, 3.05) is 0 Å². The number of ketones is 1. The topological polar surface area (TPSA) is 37.3 Å². The lowest BCUT2D eigenvalue weighted by molar-refractivity contribution is -0.137. The van der Waals surface area contributed by atoms with Crippen molar-refractivity contribution in [3.8, 4) is 11.1 Å². The van der Waals surface area contributed by atoms with Gasteiger partial charge in [0, 0.05) is 12.8 Å². The molecular weight excluding hydrogens is 365 g/mol.